The maximum absolute atomic E-state index is 14.9. The van der Waals surface area contributed by atoms with Crippen molar-refractivity contribution in [3.63, 3.8) is 0 Å². The monoisotopic (exact) mass is 285 g/mol. The SMILES string of the molecule is CC(C)(C)OC(=O)[C@](F)(C#N)c1ccc2ccccc2c1. The Bertz CT molecular complexity index is 727. The average Bonchev–Trinajstić information content (AvgIpc) is 2.44. The summed E-state index contributed by atoms with van der Waals surface area (Å²) >= 11 is 0. The van der Waals surface area contributed by atoms with E-state index in [4.69, 9.17) is 10.00 Å². The van der Waals surface area contributed by atoms with E-state index in [-0.39, 0.29) is 5.56 Å². The van der Waals surface area contributed by atoms with Gasteiger partial charge in [-0.25, -0.2) is 9.18 Å². The molecular formula is C17H16FNO2. The molecule has 0 heterocycles. The van der Waals surface area contributed by atoms with E-state index in [1.807, 2.05) is 18.2 Å². The van der Waals surface area contributed by atoms with Crippen LogP contribution in [0.3, 0.4) is 0 Å². The molecule has 0 saturated carbocycles. The third-order valence-corrected chi connectivity index (χ3v) is 2.98. The number of nitriles is 1. The van der Waals surface area contributed by atoms with Gasteiger partial charge in [-0.15, -0.1) is 0 Å². The van der Waals surface area contributed by atoms with Crippen molar-refractivity contribution in [1.29, 1.82) is 5.26 Å². The second-order valence-corrected chi connectivity index (χ2v) is 5.83. The van der Waals surface area contributed by atoms with Gasteiger partial charge < -0.3 is 4.74 Å². The van der Waals surface area contributed by atoms with Gasteiger partial charge in [0.25, 0.3) is 0 Å². The predicted octanol–water partition coefficient (Wildman–Crippen LogP) is 3.87. The van der Waals surface area contributed by atoms with Crippen LogP contribution in [-0.4, -0.2) is 11.6 Å². The summed E-state index contributed by atoms with van der Waals surface area (Å²) in [5, 5.41) is 10.8. The van der Waals surface area contributed by atoms with Crippen LogP contribution in [0.1, 0.15) is 26.3 Å². The zero-order chi connectivity index (χ0) is 15.7. The molecule has 1 atom stereocenters. The van der Waals surface area contributed by atoms with Crippen LogP contribution in [0.25, 0.3) is 10.8 Å². The maximum atomic E-state index is 14.9. The van der Waals surface area contributed by atoms with Crippen molar-refractivity contribution < 1.29 is 13.9 Å². The van der Waals surface area contributed by atoms with E-state index >= 15 is 0 Å². The molecule has 3 nitrogen and oxygen atoms in total. The lowest BCUT2D eigenvalue weighted by atomic mass is 9.94. The van der Waals surface area contributed by atoms with Gasteiger partial charge in [0.1, 0.15) is 11.7 Å². The molecule has 4 heteroatoms. The molecule has 0 aliphatic heterocycles. The van der Waals surface area contributed by atoms with Gasteiger partial charge in [0.2, 0.25) is 0 Å². The summed E-state index contributed by atoms with van der Waals surface area (Å²) in [7, 11) is 0. The third-order valence-electron chi connectivity index (χ3n) is 2.98. The number of nitrogens with zero attached hydrogens (tertiary/aromatic N) is 1. The van der Waals surface area contributed by atoms with E-state index in [0.717, 1.165) is 10.8 Å². The molecule has 2 aromatic carbocycles. The van der Waals surface area contributed by atoms with Crippen molar-refractivity contribution in [2.24, 2.45) is 0 Å². The Morgan fingerprint density at radius 3 is 2.33 bits per heavy atom. The van der Waals surface area contributed by atoms with Crippen molar-refractivity contribution in [3.05, 3.63) is 48.0 Å². The van der Waals surface area contributed by atoms with Crippen LogP contribution in [-0.2, 0) is 15.2 Å². The summed E-state index contributed by atoms with van der Waals surface area (Å²) in [4.78, 5) is 12.0. The molecule has 108 valence electrons. The topological polar surface area (TPSA) is 50.1 Å². The lowest BCUT2D eigenvalue weighted by Crippen LogP contribution is -2.37. The molecule has 2 rings (SSSR count). The Balaban J connectivity index is 2.47. The summed E-state index contributed by atoms with van der Waals surface area (Å²) in [6.07, 6.45) is 0. The molecule has 21 heavy (non-hydrogen) atoms. The molecule has 0 bridgehead atoms. The first-order valence-electron chi connectivity index (χ1n) is 6.59. The minimum atomic E-state index is -2.81. The van der Waals surface area contributed by atoms with E-state index in [1.165, 1.54) is 18.2 Å². The molecular weight excluding hydrogens is 269 g/mol. The fourth-order valence-electron chi connectivity index (χ4n) is 1.98. The Kier molecular flexibility index (Phi) is 3.69. The first kappa shape index (κ1) is 15.0. The van der Waals surface area contributed by atoms with E-state index in [9.17, 15) is 9.18 Å². The quantitative estimate of drug-likeness (QED) is 0.787. The number of rotatable bonds is 2. The molecule has 0 aromatic heterocycles. The number of alkyl halides is 1. The van der Waals surface area contributed by atoms with Gasteiger partial charge in [0, 0.05) is 5.56 Å². The first-order chi connectivity index (χ1) is 9.76. The third kappa shape index (κ3) is 3.03. The molecule has 0 radical (unpaired) electrons. The van der Waals surface area contributed by atoms with Gasteiger partial charge >= 0.3 is 11.6 Å². The molecule has 0 unspecified atom stereocenters. The van der Waals surface area contributed by atoms with Crippen molar-refractivity contribution in [2.45, 2.75) is 32.0 Å². The number of hydrogen-bond acceptors (Lipinski definition) is 3. The first-order valence-corrected chi connectivity index (χ1v) is 6.59. The number of carbonyl (C=O) groups is 1. The fraction of sp³-hybridized carbons (Fsp3) is 0.294. The van der Waals surface area contributed by atoms with E-state index in [2.05, 4.69) is 0 Å². The fourth-order valence-corrected chi connectivity index (χ4v) is 1.98. The molecule has 0 amide bonds. The van der Waals surface area contributed by atoms with Crippen LogP contribution in [0.2, 0.25) is 0 Å². The predicted molar refractivity (Wildman–Crippen MR) is 78.2 cm³/mol. The summed E-state index contributed by atoms with van der Waals surface area (Å²) in [6.45, 7) is 4.88. The summed E-state index contributed by atoms with van der Waals surface area (Å²) in [5.74, 6) is -1.19. The zero-order valence-electron chi connectivity index (χ0n) is 12.2. The smallest absolute Gasteiger partial charge is 0.364 e. The van der Waals surface area contributed by atoms with Gasteiger partial charge in [0.05, 0.1) is 0 Å². The Hall–Kier alpha value is -2.41. The minimum Gasteiger partial charge on any atom is -0.457 e. The van der Waals surface area contributed by atoms with Crippen LogP contribution in [0.4, 0.5) is 4.39 Å². The lowest BCUT2D eigenvalue weighted by Gasteiger charge is -2.24. The van der Waals surface area contributed by atoms with Gasteiger partial charge in [-0.1, -0.05) is 36.4 Å². The second kappa shape index (κ2) is 5.17. The molecule has 0 saturated heterocycles. The van der Waals surface area contributed by atoms with Gasteiger partial charge in [-0.05, 0) is 37.6 Å². The number of benzene rings is 2. The lowest BCUT2D eigenvalue weighted by molar-refractivity contribution is -0.166. The van der Waals surface area contributed by atoms with Crippen molar-refractivity contribution >= 4 is 16.7 Å². The van der Waals surface area contributed by atoms with Crippen LogP contribution < -0.4 is 0 Å². The molecule has 0 fully saturated rings. The normalized spacial score (nSPS) is 14.2. The molecule has 2 aromatic rings. The number of halogens is 1. The number of fused-ring (bicyclic) bond motifs is 1. The highest BCUT2D eigenvalue weighted by molar-refractivity contribution is 5.89. The number of esters is 1. The van der Waals surface area contributed by atoms with Crippen LogP contribution >= 0.6 is 0 Å². The summed E-state index contributed by atoms with van der Waals surface area (Å²) < 4.78 is 19.9. The number of ether oxygens (including phenoxy) is 1. The van der Waals surface area contributed by atoms with Crippen molar-refractivity contribution in [3.8, 4) is 6.07 Å². The van der Waals surface area contributed by atoms with Crippen LogP contribution in [0, 0.1) is 11.3 Å². The highest BCUT2D eigenvalue weighted by atomic mass is 19.1. The van der Waals surface area contributed by atoms with Crippen molar-refractivity contribution in [1.82, 2.24) is 0 Å². The standard InChI is InChI=1S/C17H16FNO2/c1-16(2,3)21-15(20)17(18,11-19)14-9-8-12-6-4-5-7-13(12)10-14/h4-10H,1-3H3/t17-/m0/s1. The Labute approximate surface area is 123 Å². The van der Waals surface area contributed by atoms with Crippen LogP contribution in [0.5, 0.6) is 0 Å². The van der Waals surface area contributed by atoms with E-state index in [0.29, 0.717) is 0 Å². The second-order valence-electron chi connectivity index (χ2n) is 5.83. The highest BCUT2D eigenvalue weighted by Crippen LogP contribution is 2.31. The molecule has 0 aliphatic carbocycles. The van der Waals surface area contributed by atoms with Crippen LogP contribution in [0.15, 0.2) is 42.5 Å². The number of carbonyl (C=O) groups excluding carboxylic acids is 1. The number of hydrogen-bond donors (Lipinski definition) is 0. The summed E-state index contributed by atoms with van der Waals surface area (Å²) in [6, 6.07) is 13.4. The summed E-state index contributed by atoms with van der Waals surface area (Å²) in [5.41, 5.74) is -3.68. The Morgan fingerprint density at radius 1 is 1.14 bits per heavy atom. The molecule has 0 N–H and O–H groups in total. The van der Waals surface area contributed by atoms with Gasteiger partial charge in [-0.3, -0.25) is 0 Å². The highest BCUT2D eigenvalue weighted by Gasteiger charge is 2.44. The maximum Gasteiger partial charge on any atom is 0.364 e. The van der Waals surface area contributed by atoms with E-state index in [1.54, 1.807) is 32.9 Å². The zero-order valence-corrected chi connectivity index (χ0v) is 12.2. The molecule has 0 spiro atoms. The Morgan fingerprint density at radius 2 is 1.76 bits per heavy atom. The van der Waals surface area contributed by atoms with Gasteiger partial charge in [-0.2, -0.15) is 5.26 Å². The van der Waals surface area contributed by atoms with Gasteiger partial charge in [0.15, 0.2) is 0 Å². The molecule has 0 aliphatic rings. The average molecular weight is 285 g/mol. The largest absolute Gasteiger partial charge is 0.457 e. The minimum absolute atomic E-state index is 0.0158. The van der Waals surface area contributed by atoms with Crippen molar-refractivity contribution in [2.75, 3.05) is 0 Å². The van der Waals surface area contributed by atoms with E-state index < -0.39 is 17.2 Å².